The Morgan fingerprint density at radius 1 is 1.42 bits per heavy atom. The van der Waals surface area contributed by atoms with Crippen molar-refractivity contribution in [1.82, 2.24) is 0 Å². The van der Waals surface area contributed by atoms with Crippen LogP contribution >= 0.6 is 0 Å². The van der Waals surface area contributed by atoms with E-state index in [9.17, 15) is 14.0 Å². The molecule has 6 heteroatoms. The maximum absolute atomic E-state index is 13.6. The molecule has 102 valence electrons. The number of halogens is 1. The molecule has 1 aliphatic rings. The standard InChI is InChI=1S/C13H15FN2O3/c14-9-4-1-3-8(12(18)19)11(9)16-10(17)7-13(15)5-2-6-13/h1,3-4H,2,5-7,15H2,(H,16,17)(H,18,19). The van der Waals surface area contributed by atoms with Gasteiger partial charge in [-0.05, 0) is 31.4 Å². The van der Waals surface area contributed by atoms with Gasteiger partial charge in [0.05, 0.1) is 11.3 Å². The van der Waals surface area contributed by atoms with E-state index in [0.717, 1.165) is 25.3 Å². The molecule has 0 spiro atoms. The fraction of sp³-hybridized carbons (Fsp3) is 0.385. The van der Waals surface area contributed by atoms with Gasteiger partial charge in [0, 0.05) is 12.0 Å². The molecule has 1 aromatic rings. The fourth-order valence-electron chi connectivity index (χ4n) is 2.14. The summed E-state index contributed by atoms with van der Waals surface area (Å²) in [5.74, 6) is -2.52. The molecule has 5 nitrogen and oxygen atoms in total. The van der Waals surface area contributed by atoms with Gasteiger partial charge in [-0.2, -0.15) is 0 Å². The molecular formula is C13H15FN2O3. The molecule has 4 N–H and O–H groups in total. The van der Waals surface area contributed by atoms with Crippen molar-refractivity contribution in [1.29, 1.82) is 0 Å². The monoisotopic (exact) mass is 266 g/mol. The van der Waals surface area contributed by atoms with Crippen LogP contribution in [-0.2, 0) is 4.79 Å². The van der Waals surface area contributed by atoms with E-state index in [-0.39, 0.29) is 17.7 Å². The van der Waals surface area contributed by atoms with Crippen LogP contribution in [0.15, 0.2) is 18.2 Å². The lowest BCUT2D eigenvalue weighted by molar-refractivity contribution is -0.118. The van der Waals surface area contributed by atoms with E-state index in [1.807, 2.05) is 0 Å². The highest BCUT2D eigenvalue weighted by atomic mass is 19.1. The number of anilines is 1. The van der Waals surface area contributed by atoms with Gasteiger partial charge in [0.1, 0.15) is 5.82 Å². The smallest absolute Gasteiger partial charge is 0.337 e. The van der Waals surface area contributed by atoms with E-state index in [1.165, 1.54) is 12.1 Å². The van der Waals surface area contributed by atoms with Crippen LogP contribution in [0.4, 0.5) is 10.1 Å². The van der Waals surface area contributed by atoms with Crippen molar-refractivity contribution < 1.29 is 19.1 Å². The second kappa shape index (κ2) is 4.97. The topological polar surface area (TPSA) is 92.4 Å². The van der Waals surface area contributed by atoms with Crippen LogP contribution in [0.2, 0.25) is 0 Å². The third-order valence-electron chi connectivity index (χ3n) is 3.37. The maximum Gasteiger partial charge on any atom is 0.337 e. The number of aromatic carboxylic acids is 1. The molecule has 0 aliphatic heterocycles. The Kier molecular flexibility index (Phi) is 3.53. The summed E-state index contributed by atoms with van der Waals surface area (Å²) >= 11 is 0. The van der Waals surface area contributed by atoms with Crippen molar-refractivity contribution in [2.24, 2.45) is 5.73 Å². The Balaban J connectivity index is 2.14. The largest absolute Gasteiger partial charge is 0.478 e. The molecule has 19 heavy (non-hydrogen) atoms. The molecular weight excluding hydrogens is 251 g/mol. The van der Waals surface area contributed by atoms with Gasteiger partial charge in [-0.3, -0.25) is 4.79 Å². The number of para-hydroxylation sites is 1. The van der Waals surface area contributed by atoms with Crippen LogP contribution < -0.4 is 11.1 Å². The summed E-state index contributed by atoms with van der Waals surface area (Å²) in [6, 6.07) is 3.62. The lowest BCUT2D eigenvalue weighted by atomic mass is 9.75. The van der Waals surface area contributed by atoms with Crippen LogP contribution in [-0.4, -0.2) is 22.5 Å². The number of rotatable bonds is 4. The minimum Gasteiger partial charge on any atom is -0.478 e. The van der Waals surface area contributed by atoms with Gasteiger partial charge in [-0.15, -0.1) is 0 Å². The first kappa shape index (κ1) is 13.5. The predicted molar refractivity (Wildman–Crippen MR) is 67.4 cm³/mol. The molecule has 1 aliphatic carbocycles. The van der Waals surface area contributed by atoms with E-state index in [1.54, 1.807) is 0 Å². The van der Waals surface area contributed by atoms with Gasteiger partial charge in [0.15, 0.2) is 0 Å². The number of amides is 1. The minimum absolute atomic E-state index is 0.0698. The molecule has 1 aromatic carbocycles. The summed E-state index contributed by atoms with van der Waals surface area (Å²) in [5.41, 5.74) is 4.82. The Bertz CT molecular complexity index is 527. The SMILES string of the molecule is NC1(CC(=O)Nc2c(F)cccc2C(=O)O)CCC1. The fourth-order valence-corrected chi connectivity index (χ4v) is 2.14. The Hall–Kier alpha value is -1.95. The summed E-state index contributed by atoms with van der Waals surface area (Å²) in [4.78, 5) is 22.8. The zero-order valence-corrected chi connectivity index (χ0v) is 10.3. The maximum atomic E-state index is 13.6. The van der Waals surface area contributed by atoms with Crippen molar-refractivity contribution in [2.45, 2.75) is 31.2 Å². The molecule has 2 rings (SSSR count). The highest BCUT2D eigenvalue weighted by Crippen LogP contribution is 2.32. The molecule has 1 fully saturated rings. The first-order chi connectivity index (χ1) is 8.91. The third kappa shape index (κ3) is 2.90. The molecule has 0 radical (unpaired) electrons. The highest BCUT2D eigenvalue weighted by Gasteiger charge is 2.35. The van der Waals surface area contributed by atoms with Gasteiger partial charge in [-0.25, -0.2) is 9.18 Å². The molecule has 0 heterocycles. The van der Waals surface area contributed by atoms with Crippen LogP contribution in [0.25, 0.3) is 0 Å². The van der Waals surface area contributed by atoms with Crippen molar-refractivity contribution in [3.63, 3.8) is 0 Å². The van der Waals surface area contributed by atoms with Crippen molar-refractivity contribution in [3.8, 4) is 0 Å². The number of hydrogen-bond donors (Lipinski definition) is 3. The van der Waals surface area contributed by atoms with Gasteiger partial charge < -0.3 is 16.2 Å². The number of nitrogens with two attached hydrogens (primary N) is 1. The lowest BCUT2D eigenvalue weighted by Crippen LogP contribution is -2.49. The minimum atomic E-state index is -1.29. The van der Waals surface area contributed by atoms with Crippen LogP contribution in [0, 0.1) is 5.82 Å². The van der Waals surface area contributed by atoms with E-state index < -0.39 is 23.2 Å². The van der Waals surface area contributed by atoms with Crippen molar-refractivity contribution in [3.05, 3.63) is 29.6 Å². The van der Waals surface area contributed by atoms with E-state index in [4.69, 9.17) is 10.8 Å². The average molecular weight is 266 g/mol. The predicted octanol–water partition coefficient (Wildman–Crippen LogP) is 1.73. The summed E-state index contributed by atoms with van der Waals surface area (Å²) in [7, 11) is 0. The van der Waals surface area contributed by atoms with Gasteiger partial charge in [0.25, 0.3) is 0 Å². The van der Waals surface area contributed by atoms with Crippen LogP contribution in [0.5, 0.6) is 0 Å². The number of hydrogen-bond acceptors (Lipinski definition) is 3. The number of nitrogens with one attached hydrogen (secondary N) is 1. The quantitative estimate of drug-likeness (QED) is 0.773. The Labute approximate surface area is 109 Å². The van der Waals surface area contributed by atoms with Crippen molar-refractivity contribution in [2.75, 3.05) is 5.32 Å². The summed E-state index contributed by atoms with van der Waals surface area (Å²) in [6.07, 6.45) is 2.55. The summed E-state index contributed by atoms with van der Waals surface area (Å²) in [5, 5.41) is 11.3. The van der Waals surface area contributed by atoms with Crippen LogP contribution in [0.1, 0.15) is 36.0 Å². The second-order valence-electron chi connectivity index (χ2n) is 4.91. The summed E-state index contributed by atoms with van der Waals surface area (Å²) < 4.78 is 13.6. The Morgan fingerprint density at radius 2 is 2.11 bits per heavy atom. The lowest BCUT2D eigenvalue weighted by Gasteiger charge is -2.37. The first-order valence-corrected chi connectivity index (χ1v) is 6.02. The normalized spacial score (nSPS) is 16.5. The highest BCUT2D eigenvalue weighted by molar-refractivity contribution is 6.00. The number of benzene rings is 1. The third-order valence-corrected chi connectivity index (χ3v) is 3.37. The molecule has 1 saturated carbocycles. The van der Waals surface area contributed by atoms with E-state index in [0.29, 0.717) is 0 Å². The molecule has 0 saturated heterocycles. The molecule has 0 aromatic heterocycles. The molecule has 1 amide bonds. The van der Waals surface area contributed by atoms with Crippen molar-refractivity contribution >= 4 is 17.6 Å². The Morgan fingerprint density at radius 3 is 2.63 bits per heavy atom. The van der Waals surface area contributed by atoms with Gasteiger partial charge in [0.2, 0.25) is 5.91 Å². The number of carboxylic acids is 1. The number of carbonyl (C=O) groups is 2. The average Bonchev–Trinajstić information content (AvgIpc) is 2.29. The zero-order chi connectivity index (χ0) is 14.0. The summed E-state index contributed by atoms with van der Waals surface area (Å²) in [6.45, 7) is 0. The first-order valence-electron chi connectivity index (χ1n) is 6.02. The van der Waals surface area contributed by atoms with Crippen LogP contribution in [0.3, 0.4) is 0 Å². The number of carboxylic acid groups (broad SMARTS) is 1. The zero-order valence-electron chi connectivity index (χ0n) is 10.3. The van der Waals surface area contributed by atoms with E-state index >= 15 is 0 Å². The van der Waals surface area contributed by atoms with Gasteiger partial charge >= 0.3 is 5.97 Å². The molecule has 0 atom stereocenters. The second-order valence-corrected chi connectivity index (χ2v) is 4.91. The molecule has 0 bridgehead atoms. The van der Waals surface area contributed by atoms with Gasteiger partial charge in [-0.1, -0.05) is 6.07 Å². The molecule has 0 unspecified atom stereocenters. The van der Waals surface area contributed by atoms with E-state index in [2.05, 4.69) is 5.32 Å². The number of carbonyl (C=O) groups excluding carboxylic acids is 1.